The Morgan fingerprint density at radius 1 is 1.17 bits per heavy atom. The molecule has 0 aliphatic carbocycles. The fourth-order valence-corrected chi connectivity index (χ4v) is 1.46. The summed E-state index contributed by atoms with van der Waals surface area (Å²) in [6, 6.07) is 2.88. The summed E-state index contributed by atoms with van der Waals surface area (Å²) in [7, 11) is 0. The molecule has 12 heavy (non-hydrogen) atoms. The molecule has 0 bridgehead atoms. The van der Waals surface area contributed by atoms with Crippen molar-refractivity contribution in [3.63, 3.8) is 0 Å². The molecule has 0 atom stereocenters. The highest BCUT2D eigenvalue weighted by molar-refractivity contribution is 7.85. The Balaban J connectivity index is 3.31. The zero-order valence-electron chi connectivity index (χ0n) is 5.85. The summed E-state index contributed by atoms with van der Waals surface area (Å²) in [5.41, 5.74) is 0.169. The zero-order chi connectivity index (χ0) is 9.30. The van der Waals surface area contributed by atoms with E-state index < -0.39 is 5.97 Å². The fraction of sp³-hybridized carbons (Fsp3) is 0. The van der Waals surface area contributed by atoms with Crippen molar-refractivity contribution in [2.24, 2.45) is 0 Å². The predicted octanol–water partition coefficient (Wildman–Crippen LogP) is 2.25. The van der Waals surface area contributed by atoms with Gasteiger partial charge in [0, 0.05) is 14.7 Å². The SMILES string of the molecule is O=C(O)c1cc(S)c(S)c(S)c1. The van der Waals surface area contributed by atoms with E-state index in [9.17, 15) is 4.79 Å². The van der Waals surface area contributed by atoms with Crippen LogP contribution in [0.4, 0.5) is 0 Å². The summed E-state index contributed by atoms with van der Waals surface area (Å²) < 4.78 is 0. The van der Waals surface area contributed by atoms with Gasteiger partial charge in [-0.15, -0.1) is 37.9 Å². The molecule has 0 heterocycles. The minimum absolute atomic E-state index is 0.169. The van der Waals surface area contributed by atoms with Crippen LogP contribution in [0.1, 0.15) is 10.4 Å². The van der Waals surface area contributed by atoms with E-state index in [-0.39, 0.29) is 5.56 Å². The number of aromatic carboxylic acids is 1. The third-order valence-electron chi connectivity index (χ3n) is 1.32. The van der Waals surface area contributed by atoms with Crippen molar-refractivity contribution in [1.82, 2.24) is 0 Å². The topological polar surface area (TPSA) is 37.3 Å². The molecule has 0 aromatic heterocycles. The average Bonchev–Trinajstić information content (AvgIpc) is 1.99. The molecule has 0 aliphatic rings. The number of hydrogen-bond donors (Lipinski definition) is 4. The van der Waals surface area contributed by atoms with Crippen molar-refractivity contribution in [3.05, 3.63) is 17.7 Å². The maximum Gasteiger partial charge on any atom is 0.335 e. The first-order valence-corrected chi connectivity index (χ1v) is 4.34. The molecule has 0 aliphatic heterocycles. The van der Waals surface area contributed by atoms with Gasteiger partial charge in [0.15, 0.2) is 0 Å². The quantitative estimate of drug-likeness (QED) is 0.546. The van der Waals surface area contributed by atoms with Crippen molar-refractivity contribution in [2.75, 3.05) is 0 Å². The van der Waals surface area contributed by atoms with E-state index >= 15 is 0 Å². The molecule has 0 amide bonds. The van der Waals surface area contributed by atoms with Gasteiger partial charge in [0.1, 0.15) is 0 Å². The fourth-order valence-electron chi connectivity index (χ4n) is 0.728. The van der Waals surface area contributed by atoms with Crippen molar-refractivity contribution >= 4 is 43.9 Å². The predicted molar refractivity (Wildman–Crippen MR) is 55.2 cm³/mol. The first-order chi connectivity index (χ1) is 5.52. The van der Waals surface area contributed by atoms with E-state index in [1.807, 2.05) is 0 Å². The van der Waals surface area contributed by atoms with Gasteiger partial charge in [0.25, 0.3) is 0 Å². The minimum Gasteiger partial charge on any atom is -0.478 e. The van der Waals surface area contributed by atoms with Gasteiger partial charge >= 0.3 is 5.97 Å². The van der Waals surface area contributed by atoms with Gasteiger partial charge in [-0.05, 0) is 12.1 Å². The lowest BCUT2D eigenvalue weighted by atomic mass is 10.2. The molecule has 0 fully saturated rings. The van der Waals surface area contributed by atoms with Crippen LogP contribution in [0.5, 0.6) is 0 Å². The number of benzene rings is 1. The lowest BCUT2D eigenvalue weighted by molar-refractivity contribution is 0.0696. The summed E-state index contributed by atoms with van der Waals surface area (Å²) >= 11 is 12.2. The first kappa shape index (κ1) is 9.83. The number of hydrogen-bond acceptors (Lipinski definition) is 4. The lowest BCUT2D eigenvalue weighted by Gasteiger charge is -2.03. The third kappa shape index (κ3) is 1.91. The van der Waals surface area contributed by atoms with Gasteiger partial charge < -0.3 is 5.11 Å². The number of rotatable bonds is 1. The van der Waals surface area contributed by atoms with E-state index in [1.165, 1.54) is 12.1 Å². The van der Waals surface area contributed by atoms with E-state index in [0.717, 1.165) is 0 Å². The molecule has 1 aromatic rings. The summed E-state index contributed by atoms with van der Waals surface area (Å²) in [5.74, 6) is -0.992. The lowest BCUT2D eigenvalue weighted by Crippen LogP contribution is -1.96. The van der Waals surface area contributed by atoms with Crippen molar-refractivity contribution in [2.45, 2.75) is 14.7 Å². The normalized spacial score (nSPS) is 9.92. The Bertz CT molecular complexity index is 312. The number of carboxylic acid groups (broad SMARTS) is 1. The van der Waals surface area contributed by atoms with Crippen LogP contribution in [0.2, 0.25) is 0 Å². The molecule has 2 nitrogen and oxygen atoms in total. The van der Waals surface area contributed by atoms with Crippen molar-refractivity contribution in [1.29, 1.82) is 0 Å². The number of thiol groups is 3. The van der Waals surface area contributed by atoms with Gasteiger partial charge in [-0.25, -0.2) is 4.79 Å². The van der Waals surface area contributed by atoms with Crippen LogP contribution in [0.3, 0.4) is 0 Å². The Labute approximate surface area is 86.2 Å². The maximum absolute atomic E-state index is 10.5. The Morgan fingerprint density at radius 2 is 1.58 bits per heavy atom. The third-order valence-corrected chi connectivity index (χ3v) is 2.86. The van der Waals surface area contributed by atoms with Crippen LogP contribution in [0.15, 0.2) is 26.8 Å². The van der Waals surface area contributed by atoms with Crippen molar-refractivity contribution < 1.29 is 9.90 Å². The van der Waals surface area contributed by atoms with Crippen LogP contribution in [-0.2, 0) is 0 Å². The van der Waals surface area contributed by atoms with E-state index in [4.69, 9.17) is 5.11 Å². The Kier molecular flexibility index (Phi) is 2.98. The highest BCUT2D eigenvalue weighted by Gasteiger charge is 2.07. The van der Waals surface area contributed by atoms with Crippen LogP contribution >= 0.6 is 37.9 Å². The Morgan fingerprint density at radius 3 is 1.92 bits per heavy atom. The molecule has 1 aromatic carbocycles. The zero-order valence-corrected chi connectivity index (χ0v) is 8.54. The van der Waals surface area contributed by atoms with Crippen LogP contribution in [0, 0.1) is 0 Å². The van der Waals surface area contributed by atoms with E-state index in [1.54, 1.807) is 0 Å². The smallest absolute Gasteiger partial charge is 0.335 e. The van der Waals surface area contributed by atoms with E-state index in [0.29, 0.717) is 14.7 Å². The second kappa shape index (κ2) is 3.64. The van der Waals surface area contributed by atoms with Gasteiger partial charge in [-0.3, -0.25) is 0 Å². The van der Waals surface area contributed by atoms with Crippen LogP contribution in [-0.4, -0.2) is 11.1 Å². The summed E-state index contributed by atoms with van der Waals surface area (Å²) in [4.78, 5) is 12.1. The molecule has 0 unspecified atom stereocenters. The molecule has 1 N–H and O–H groups in total. The Hall–Kier alpha value is -0.260. The van der Waals surface area contributed by atoms with Crippen LogP contribution in [0.25, 0.3) is 0 Å². The van der Waals surface area contributed by atoms with E-state index in [2.05, 4.69) is 37.9 Å². The van der Waals surface area contributed by atoms with Gasteiger partial charge in [-0.2, -0.15) is 0 Å². The molecular weight excluding hydrogens is 212 g/mol. The summed E-state index contributed by atoms with van der Waals surface area (Å²) in [6.07, 6.45) is 0. The van der Waals surface area contributed by atoms with Gasteiger partial charge in [0.05, 0.1) is 5.56 Å². The molecule has 64 valence electrons. The maximum atomic E-state index is 10.5. The number of carboxylic acids is 1. The first-order valence-electron chi connectivity index (χ1n) is 3.00. The van der Waals surface area contributed by atoms with Gasteiger partial charge in [0.2, 0.25) is 0 Å². The molecule has 0 saturated carbocycles. The molecular formula is C7H6O2S3. The highest BCUT2D eigenvalue weighted by atomic mass is 32.1. The largest absolute Gasteiger partial charge is 0.478 e. The second-order valence-electron chi connectivity index (χ2n) is 2.17. The summed E-state index contributed by atoms with van der Waals surface area (Å²) in [5, 5.41) is 8.63. The standard InChI is InChI=1S/C7H6O2S3/c8-7(9)3-1-4(10)6(12)5(11)2-3/h1-2,10-12H,(H,8,9). The molecule has 1 rings (SSSR count). The van der Waals surface area contributed by atoms with Crippen molar-refractivity contribution in [3.8, 4) is 0 Å². The summed E-state index contributed by atoms with van der Waals surface area (Å²) in [6.45, 7) is 0. The molecule has 0 radical (unpaired) electrons. The minimum atomic E-state index is -0.992. The number of carbonyl (C=O) groups is 1. The molecule has 0 saturated heterocycles. The monoisotopic (exact) mass is 218 g/mol. The highest BCUT2D eigenvalue weighted by Crippen LogP contribution is 2.26. The average molecular weight is 218 g/mol. The van der Waals surface area contributed by atoms with Crippen LogP contribution < -0.4 is 0 Å². The second-order valence-corrected chi connectivity index (χ2v) is 3.58. The molecule has 5 heteroatoms. The molecule has 0 spiro atoms. The van der Waals surface area contributed by atoms with Gasteiger partial charge in [-0.1, -0.05) is 0 Å².